The minimum atomic E-state index is -0.270. The number of aliphatic hydroxyl groups excluding tert-OH is 1. The summed E-state index contributed by atoms with van der Waals surface area (Å²) in [6.07, 6.45) is 2.04. The van der Waals surface area contributed by atoms with Crippen molar-refractivity contribution in [3.05, 3.63) is 59.2 Å². The van der Waals surface area contributed by atoms with Crippen molar-refractivity contribution in [1.82, 2.24) is 5.32 Å². The quantitative estimate of drug-likeness (QED) is 0.822. The molecule has 2 aliphatic rings. The Morgan fingerprint density at radius 2 is 2.15 bits per heavy atom. The van der Waals surface area contributed by atoms with Crippen molar-refractivity contribution < 1.29 is 19.4 Å². The van der Waals surface area contributed by atoms with Gasteiger partial charge in [0.1, 0.15) is 11.5 Å². The van der Waals surface area contributed by atoms with E-state index in [0.717, 1.165) is 17.7 Å². The minimum absolute atomic E-state index is 0.123. The average Bonchev–Trinajstić information content (AvgIpc) is 3.12. The first-order valence-corrected chi connectivity index (χ1v) is 9.61. The summed E-state index contributed by atoms with van der Waals surface area (Å²) in [6.45, 7) is 3.19. The normalized spacial score (nSPS) is 21.6. The Morgan fingerprint density at radius 1 is 1.30 bits per heavy atom. The molecule has 27 heavy (non-hydrogen) atoms. The van der Waals surface area contributed by atoms with Gasteiger partial charge in [0.25, 0.3) is 5.91 Å². The van der Waals surface area contributed by atoms with Crippen molar-refractivity contribution in [2.45, 2.75) is 38.3 Å². The second kappa shape index (κ2) is 7.61. The molecule has 0 unspecified atom stereocenters. The van der Waals surface area contributed by atoms with E-state index >= 15 is 0 Å². The maximum atomic E-state index is 12.9. The number of nitrogens with one attached hydrogen (secondary N) is 1. The number of hydrogen-bond acceptors (Lipinski definition) is 4. The Morgan fingerprint density at radius 3 is 2.93 bits per heavy atom. The molecule has 4 rings (SSSR count). The van der Waals surface area contributed by atoms with Gasteiger partial charge in [-0.25, -0.2) is 0 Å². The van der Waals surface area contributed by atoms with Gasteiger partial charge in [-0.1, -0.05) is 12.1 Å². The van der Waals surface area contributed by atoms with Crippen LogP contribution in [-0.2, 0) is 6.42 Å². The third-order valence-corrected chi connectivity index (χ3v) is 5.39. The lowest BCUT2D eigenvalue weighted by atomic mass is 9.74. The summed E-state index contributed by atoms with van der Waals surface area (Å²) in [5, 5.41) is 13.0. The van der Waals surface area contributed by atoms with Crippen molar-refractivity contribution in [2.24, 2.45) is 5.92 Å². The number of carbonyl (C=O) groups is 1. The van der Waals surface area contributed by atoms with Crippen LogP contribution in [0.25, 0.3) is 0 Å². The Balaban J connectivity index is 1.56. The van der Waals surface area contributed by atoms with Gasteiger partial charge < -0.3 is 19.9 Å². The number of carbonyl (C=O) groups excluding carboxylic acids is 1. The van der Waals surface area contributed by atoms with Gasteiger partial charge in [-0.05, 0) is 67.1 Å². The first-order chi connectivity index (χ1) is 13.1. The van der Waals surface area contributed by atoms with Crippen LogP contribution in [0.4, 0.5) is 0 Å². The zero-order valence-electron chi connectivity index (χ0n) is 15.5. The molecule has 1 heterocycles. The van der Waals surface area contributed by atoms with E-state index in [1.807, 2.05) is 31.2 Å². The zero-order chi connectivity index (χ0) is 18.8. The molecule has 2 aromatic rings. The van der Waals surface area contributed by atoms with E-state index in [1.54, 1.807) is 12.1 Å². The van der Waals surface area contributed by atoms with Crippen LogP contribution in [0, 0.1) is 5.92 Å². The Bertz CT molecular complexity index is 829. The van der Waals surface area contributed by atoms with Crippen molar-refractivity contribution in [2.75, 3.05) is 13.2 Å². The van der Waals surface area contributed by atoms with Crippen LogP contribution in [0.3, 0.4) is 0 Å². The van der Waals surface area contributed by atoms with E-state index < -0.39 is 0 Å². The predicted octanol–water partition coefficient (Wildman–Crippen LogP) is 3.26. The number of aliphatic hydroxyl groups is 1. The lowest BCUT2D eigenvalue weighted by Gasteiger charge is -2.38. The van der Waals surface area contributed by atoms with Crippen molar-refractivity contribution >= 4 is 5.91 Å². The van der Waals surface area contributed by atoms with Crippen molar-refractivity contribution in [3.63, 3.8) is 0 Å². The van der Waals surface area contributed by atoms with E-state index in [9.17, 15) is 9.90 Å². The lowest BCUT2D eigenvalue weighted by molar-refractivity contribution is 0.0235. The summed E-state index contributed by atoms with van der Waals surface area (Å²) >= 11 is 0. The highest BCUT2D eigenvalue weighted by Gasteiger charge is 2.36. The average molecular weight is 367 g/mol. The summed E-state index contributed by atoms with van der Waals surface area (Å²) in [6, 6.07) is 13.3. The van der Waals surface area contributed by atoms with Gasteiger partial charge in [0.2, 0.25) is 0 Å². The van der Waals surface area contributed by atoms with Crippen molar-refractivity contribution in [3.8, 4) is 11.5 Å². The number of ether oxygens (including phenoxy) is 2. The smallest absolute Gasteiger partial charge is 0.251 e. The van der Waals surface area contributed by atoms with Crippen LogP contribution in [0.15, 0.2) is 42.5 Å². The third kappa shape index (κ3) is 3.78. The molecule has 1 amide bonds. The Labute approximate surface area is 159 Å². The van der Waals surface area contributed by atoms with Crippen molar-refractivity contribution in [1.29, 1.82) is 0 Å². The molecule has 1 fully saturated rings. The number of fused-ring (bicyclic) bond motifs is 1. The van der Waals surface area contributed by atoms with E-state index in [-0.39, 0.29) is 24.0 Å². The largest absolute Gasteiger partial charge is 0.494 e. The summed E-state index contributed by atoms with van der Waals surface area (Å²) in [5.74, 6) is 1.73. The molecular weight excluding hydrogens is 342 g/mol. The SMILES string of the molecule is CCOc1cccc(C(=O)N[C@H](c2ccc3c(c2)CCO3)C2CC(O)C2)c1. The fourth-order valence-corrected chi connectivity index (χ4v) is 3.89. The Hall–Kier alpha value is -2.53. The van der Waals surface area contributed by atoms with Gasteiger partial charge in [-0.3, -0.25) is 4.79 Å². The Kier molecular flexibility index (Phi) is 5.03. The monoisotopic (exact) mass is 367 g/mol. The molecule has 142 valence electrons. The second-order valence-corrected chi connectivity index (χ2v) is 7.26. The molecule has 1 saturated carbocycles. The molecule has 0 spiro atoms. The highest BCUT2D eigenvalue weighted by atomic mass is 16.5. The zero-order valence-corrected chi connectivity index (χ0v) is 15.5. The molecule has 5 nitrogen and oxygen atoms in total. The topological polar surface area (TPSA) is 67.8 Å². The van der Waals surface area contributed by atoms with Gasteiger partial charge in [0.15, 0.2) is 0 Å². The number of benzene rings is 2. The summed E-state index contributed by atoms with van der Waals surface area (Å²) in [5.41, 5.74) is 2.84. The maximum absolute atomic E-state index is 12.9. The van der Waals surface area contributed by atoms with Crippen LogP contribution in [0.2, 0.25) is 0 Å². The lowest BCUT2D eigenvalue weighted by Crippen LogP contribution is -2.41. The summed E-state index contributed by atoms with van der Waals surface area (Å²) < 4.78 is 11.1. The molecule has 1 atom stereocenters. The van der Waals surface area contributed by atoms with Gasteiger partial charge in [-0.15, -0.1) is 0 Å². The van der Waals surface area contributed by atoms with Gasteiger partial charge in [-0.2, -0.15) is 0 Å². The number of rotatable bonds is 6. The molecule has 0 bridgehead atoms. The molecule has 1 aliphatic carbocycles. The number of amides is 1. The van der Waals surface area contributed by atoms with E-state index in [0.29, 0.717) is 37.4 Å². The van der Waals surface area contributed by atoms with Crippen LogP contribution in [-0.4, -0.2) is 30.3 Å². The highest BCUT2D eigenvalue weighted by molar-refractivity contribution is 5.94. The molecule has 0 radical (unpaired) electrons. The standard InChI is InChI=1S/C22H25NO4/c1-2-26-19-5-3-4-16(13-19)22(25)23-21(17-11-18(24)12-17)15-6-7-20-14(10-15)8-9-27-20/h3-7,10,13,17-18,21,24H,2,8-9,11-12H2,1H3,(H,23,25)/t17?,18?,21-/m1/s1. The molecule has 1 aliphatic heterocycles. The number of hydrogen-bond donors (Lipinski definition) is 2. The molecular formula is C22H25NO4. The van der Waals surface area contributed by atoms with Gasteiger partial charge >= 0.3 is 0 Å². The highest BCUT2D eigenvalue weighted by Crippen LogP contribution is 2.40. The van der Waals surface area contributed by atoms with E-state index in [4.69, 9.17) is 9.47 Å². The third-order valence-electron chi connectivity index (χ3n) is 5.39. The second-order valence-electron chi connectivity index (χ2n) is 7.26. The van der Waals surface area contributed by atoms with Gasteiger partial charge in [0, 0.05) is 12.0 Å². The van der Waals surface area contributed by atoms with E-state index in [1.165, 1.54) is 5.56 Å². The van der Waals surface area contributed by atoms with Crippen LogP contribution in [0.5, 0.6) is 11.5 Å². The molecule has 2 aromatic carbocycles. The van der Waals surface area contributed by atoms with Crippen LogP contribution < -0.4 is 14.8 Å². The first kappa shape index (κ1) is 17.9. The van der Waals surface area contributed by atoms with Gasteiger partial charge in [0.05, 0.1) is 25.4 Å². The van der Waals surface area contributed by atoms with Crippen LogP contribution in [0.1, 0.15) is 47.3 Å². The maximum Gasteiger partial charge on any atom is 0.251 e. The first-order valence-electron chi connectivity index (χ1n) is 9.61. The summed E-state index contributed by atoms with van der Waals surface area (Å²) in [7, 11) is 0. The molecule has 0 saturated heterocycles. The fourth-order valence-electron chi connectivity index (χ4n) is 3.89. The fraction of sp³-hybridized carbons (Fsp3) is 0.409. The van der Waals surface area contributed by atoms with E-state index in [2.05, 4.69) is 11.4 Å². The minimum Gasteiger partial charge on any atom is -0.494 e. The predicted molar refractivity (Wildman–Crippen MR) is 102 cm³/mol. The van der Waals surface area contributed by atoms with Crippen LogP contribution >= 0.6 is 0 Å². The molecule has 0 aromatic heterocycles. The summed E-state index contributed by atoms with van der Waals surface area (Å²) in [4.78, 5) is 12.9. The molecule has 5 heteroatoms. The molecule has 2 N–H and O–H groups in total.